The largest absolute Gasteiger partial charge is 0.390 e. The molecule has 1 unspecified atom stereocenters. The molecule has 1 aromatic rings. The molecule has 0 amide bonds. The van der Waals surface area contributed by atoms with Crippen molar-refractivity contribution in [2.75, 3.05) is 0 Å². The Bertz CT molecular complexity index is 290. The maximum Gasteiger partial charge on any atom is 0.109 e. The van der Waals surface area contributed by atoms with Gasteiger partial charge >= 0.3 is 0 Å². The van der Waals surface area contributed by atoms with Gasteiger partial charge in [0.15, 0.2) is 0 Å². The summed E-state index contributed by atoms with van der Waals surface area (Å²) in [6.45, 7) is 4.53. The van der Waals surface area contributed by atoms with Gasteiger partial charge in [-0.1, -0.05) is 13.8 Å². The number of aromatic nitrogens is 2. The van der Waals surface area contributed by atoms with Crippen molar-refractivity contribution in [1.29, 1.82) is 0 Å². The van der Waals surface area contributed by atoms with Crippen molar-refractivity contribution in [3.05, 3.63) is 17.7 Å². The molecule has 1 aromatic heterocycles. The van der Waals surface area contributed by atoms with Crippen LogP contribution in [0.3, 0.4) is 0 Å². The summed E-state index contributed by atoms with van der Waals surface area (Å²) >= 11 is 0. The molecule has 1 aliphatic rings. The Morgan fingerprint density at radius 1 is 1.75 bits per heavy atom. The van der Waals surface area contributed by atoms with Crippen LogP contribution in [-0.4, -0.2) is 15.1 Å². The Kier molecular flexibility index (Phi) is 1.51. The first-order valence-electron chi connectivity index (χ1n) is 4.28. The SMILES string of the molecule is CC1(C)CC1c1ncc(CO)[nH]1. The second kappa shape index (κ2) is 2.33. The van der Waals surface area contributed by atoms with E-state index in [9.17, 15) is 0 Å². The molecule has 1 saturated carbocycles. The maximum atomic E-state index is 8.81. The van der Waals surface area contributed by atoms with Gasteiger partial charge in [0, 0.05) is 5.92 Å². The monoisotopic (exact) mass is 166 g/mol. The zero-order valence-electron chi connectivity index (χ0n) is 7.46. The highest BCUT2D eigenvalue weighted by molar-refractivity contribution is 5.17. The molecule has 0 aliphatic heterocycles. The summed E-state index contributed by atoms with van der Waals surface area (Å²) in [4.78, 5) is 7.35. The number of aliphatic hydroxyl groups excluding tert-OH is 1. The molecule has 0 radical (unpaired) electrons. The van der Waals surface area contributed by atoms with Gasteiger partial charge in [-0.05, 0) is 11.8 Å². The van der Waals surface area contributed by atoms with Gasteiger partial charge in [-0.3, -0.25) is 0 Å². The van der Waals surface area contributed by atoms with Crippen molar-refractivity contribution >= 4 is 0 Å². The van der Waals surface area contributed by atoms with E-state index in [2.05, 4.69) is 23.8 Å². The van der Waals surface area contributed by atoms with Crippen molar-refractivity contribution in [3.8, 4) is 0 Å². The Morgan fingerprint density at radius 2 is 2.42 bits per heavy atom. The van der Waals surface area contributed by atoms with E-state index in [1.54, 1.807) is 6.20 Å². The summed E-state index contributed by atoms with van der Waals surface area (Å²) in [5, 5.41) is 8.81. The first-order valence-corrected chi connectivity index (χ1v) is 4.28. The summed E-state index contributed by atoms with van der Waals surface area (Å²) in [5.74, 6) is 1.60. The number of aliphatic hydroxyl groups is 1. The second-order valence-corrected chi connectivity index (χ2v) is 4.20. The van der Waals surface area contributed by atoms with Gasteiger partial charge in [-0.15, -0.1) is 0 Å². The lowest BCUT2D eigenvalue weighted by Gasteiger charge is -1.98. The van der Waals surface area contributed by atoms with E-state index in [0.717, 1.165) is 11.5 Å². The topological polar surface area (TPSA) is 48.9 Å². The minimum atomic E-state index is 0.0557. The highest BCUT2D eigenvalue weighted by Gasteiger charge is 2.48. The van der Waals surface area contributed by atoms with Gasteiger partial charge in [-0.2, -0.15) is 0 Å². The lowest BCUT2D eigenvalue weighted by atomic mass is 10.1. The molecule has 0 spiro atoms. The van der Waals surface area contributed by atoms with Crippen LogP contribution in [0.2, 0.25) is 0 Å². The summed E-state index contributed by atoms with van der Waals surface area (Å²) in [6.07, 6.45) is 2.91. The van der Waals surface area contributed by atoms with Gasteiger partial charge in [0.05, 0.1) is 18.5 Å². The number of aromatic amines is 1. The molecule has 1 aliphatic carbocycles. The molecule has 0 aromatic carbocycles. The fourth-order valence-corrected chi connectivity index (χ4v) is 1.57. The van der Waals surface area contributed by atoms with E-state index >= 15 is 0 Å². The smallest absolute Gasteiger partial charge is 0.109 e. The molecule has 3 heteroatoms. The zero-order valence-corrected chi connectivity index (χ0v) is 7.46. The van der Waals surface area contributed by atoms with Crippen molar-refractivity contribution in [1.82, 2.24) is 9.97 Å². The predicted molar refractivity (Wildman–Crippen MR) is 45.6 cm³/mol. The summed E-state index contributed by atoms with van der Waals surface area (Å²) in [7, 11) is 0. The van der Waals surface area contributed by atoms with Gasteiger partial charge in [0.2, 0.25) is 0 Å². The summed E-state index contributed by atoms with van der Waals surface area (Å²) in [5.41, 5.74) is 1.22. The molecule has 0 bridgehead atoms. The van der Waals surface area contributed by atoms with Crippen LogP contribution in [-0.2, 0) is 6.61 Å². The number of imidazole rings is 1. The fraction of sp³-hybridized carbons (Fsp3) is 0.667. The molecule has 2 N–H and O–H groups in total. The first-order chi connectivity index (χ1) is 5.63. The van der Waals surface area contributed by atoms with E-state index in [-0.39, 0.29) is 6.61 Å². The number of H-pyrrole nitrogens is 1. The number of nitrogens with zero attached hydrogens (tertiary/aromatic N) is 1. The van der Waals surface area contributed by atoms with Crippen LogP contribution in [0.4, 0.5) is 0 Å². The Labute approximate surface area is 71.8 Å². The number of hydrogen-bond donors (Lipinski definition) is 2. The molecule has 2 rings (SSSR count). The third-order valence-electron chi connectivity index (χ3n) is 2.66. The standard InChI is InChI=1S/C9H14N2O/c1-9(2)3-7(9)8-10-4-6(5-12)11-8/h4,7,12H,3,5H2,1-2H3,(H,10,11). The lowest BCUT2D eigenvalue weighted by molar-refractivity contribution is 0.277. The molecule has 3 nitrogen and oxygen atoms in total. The van der Waals surface area contributed by atoms with Gasteiger partial charge in [0.25, 0.3) is 0 Å². The van der Waals surface area contributed by atoms with Crippen LogP contribution >= 0.6 is 0 Å². The molecule has 0 saturated heterocycles. The predicted octanol–water partition coefficient (Wildman–Crippen LogP) is 1.42. The van der Waals surface area contributed by atoms with Gasteiger partial charge in [-0.25, -0.2) is 4.98 Å². The Balaban J connectivity index is 2.15. The van der Waals surface area contributed by atoms with Crippen molar-refractivity contribution in [2.45, 2.75) is 32.8 Å². The van der Waals surface area contributed by atoms with E-state index in [0.29, 0.717) is 11.3 Å². The van der Waals surface area contributed by atoms with Crippen molar-refractivity contribution < 1.29 is 5.11 Å². The molecule has 1 heterocycles. The highest BCUT2D eigenvalue weighted by Crippen LogP contribution is 2.57. The van der Waals surface area contributed by atoms with Crippen LogP contribution < -0.4 is 0 Å². The first kappa shape index (κ1) is 7.80. The quantitative estimate of drug-likeness (QED) is 0.698. The van der Waals surface area contributed by atoms with E-state index < -0.39 is 0 Å². The molecular formula is C9H14N2O. The van der Waals surface area contributed by atoms with Gasteiger partial charge in [0.1, 0.15) is 5.82 Å². The summed E-state index contributed by atoms with van der Waals surface area (Å²) < 4.78 is 0. The van der Waals surface area contributed by atoms with Crippen molar-refractivity contribution in [3.63, 3.8) is 0 Å². The maximum absolute atomic E-state index is 8.81. The summed E-state index contributed by atoms with van der Waals surface area (Å²) in [6, 6.07) is 0. The van der Waals surface area contributed by atoms with Crippen molar-refractivity contribution in [2.24, 2.45) is 5.41 Å². The van der Waals surface area contributed by atoms with Gasteiger partial charge < -0.3 is 10.1 Å². The molecule has 1 atom stereocenters. The average Bonchev–Trinajstić information content (AvgIpc) is 2.52. The minimum absolute atomic E-state index is 0.0557. The van der Waals surface area contributed by atoms with Crippen LogP contribution in [0.25, 0.3) is 0 Å². The molecular weight excluding hydrogens is 152 g/mol. The van der Waals surface area contributed by atoms with Crippen LogP contribution in [0.1, 0.15) is 37.7 Å². The Morgan fingerprint density at radius 3 is 2.83 bits per heavy atom. The van der Waals surface area contributed by atoms with Crippen LogP contribution in [0, 0.1) is 5.41 Å². The molecule has 1 fully saturated rings. The zero-order chi connectivity index (χ0) is 8.77. The Hall–Kier alpha value is -0.830. The highest BCUT2D eigenvalue weighted by atomic mass is 16.3. The third-order valence-corrected chi connectivity index (χ3v) is 2.66. The second-order valence-electron chi connectivity index (χ2n) is 4.20. The number of rotatable bonds is 2. The fourth-order valence-electron chi connectivity index (χ4n) is 1.57. The average molecular weight is 166 g/mol. The van der Waals surface area contributed by atoms with E-state index in [4.69, 9.17) is 5.11 Å². The van der Waals surface area contributed by atoms with E-state index in [1.165, 1.54) is 6.42 Å². The number of hydrogen-bond acceptors (Lipinski definition) is 2. The van der Waals surface area contributed by atoms with Crippen LogP contribution in [0.15, 0.2) is 6.20 Å². The lowest BCUT2D eigenvalue weighted by Crippen LogP contribution is -1.92. The third kappa shape index (κ3) is 1.14. The molecule has 66 valence electrons. The molecule has 12 heavy (non-hydrogen) atoms. The normalized spacial score (nSPS) is 25.8. The van der Waals surface area contributed by atoms with E-state index in [1.807, 2.05) is 0 Å². The van der Waals surface area contributed by atoms with Crippen LogP contribution in [0.5, 0.6) is 0 Å². The minimum Gasteiger partial charge on any atom is -0.390 e. The number of nitrogens with one attached hydrogen (secondary N) is 1.